The van der Waals surface area contributed by atoms with Gasteiger partial charge in [-0.15, -0.1) is 12.4 Å². The van der Waals surface area contributed by atoms with Gasteiger partial charge in [-0.3, -0.25) is 10.00 Å². The molecule has 1 saturated carbocycles. The van der Waals surface area contributed by atoms with Gasteiger partial charge in [-0.25, -0.2) is 0 Å². The highest BCUT2D eigenvalue weighted by Gasteiger charge is 2.56. The minimum absolute atomic E-state index is 0. The number of H-pyrrole nitrogens is 1. The molecule has 1 atom stereocenters. The van der Waals surface area contributed by atoms with Crippen LogP contribution in [0, 0.1) is 5.41 Å². The van der Waals surface area contributed by atoms with Crippen LogP contribution in [-0.4, -0.2) is 34.2 Å². The smallest absolute Gasteiger partial charge is 0.317 e. The summed E-state index contributed by atoms with van der Waals surface area (Å²) >= 11 is 1.65. The molecule has 26 heavy (non-hydrogen) atoms. The van der Waals surface area contributed by atoms with Crippen molar-refractivity contribution < 1.29 is 13.2 Å². The fourth-order valence-electron chi connectivity index (χ4n) is 4.00. The topological polar surface area (TPSA) is 44.0 Å². The van der Waals surface area contributed by atoms with Gasteiger partial charge in [-0.2, -0.15) is 29.6 Å². The summed E-state index contributed by atoms with van der Waals surface area (Å²) in [7, 11) is 0. The fraction of sp³-hybridized carbons (Fsp3) is 0.588. The molecule has 9 heteroatoms. The Morgan fingerprint density at radius 3 is 2.65 bits per heavy atom. The van der Waals surface area contributed by atoms with E-state index in [1.54, 1.807) is 11.3 Å². The van der Waals surface area contributed by atoms with Gasteiger partial charge in [0.25, 0.3) is 0 Å². The SMILES string of the molecule is Cl.FC(F)(F)c1cc(CN(Cc2ccsc2)C2CC23CCNCC3)[nH]n1. The predicted molar refractivity (Wildman–Crippen MR) is 97.3 cm³/mol. The van der Waals surface area contributed by atoms with E-state index in [1.165, 1.54) is 5.56 Å². The van der Waals surface area contributed by atoms with Crippen molar-refractivity contribution in [2.24, 2.45) is 5.41 Å². The number of hydrogen-bond acceptors (Lipinski definition) is 4. The Bertz CT molecular complexity index is 710. The van der Waals surface area contributed by atoms with Crippen LogP contribution in [0.25, 0.3) is 0 Å². The zero-order valence-electron chi connectivity index (χ0n) is 14.2. The summed E-state index contributed by atoms with van der Waals surface area (Å²) in [6.45, 7) is 3.30. The van der Waals surface area contributed by atoms with Gasteiger partial charge in [-0.1, -0.05) is 0 Å². The first-order valence-corrected chi connectivity index (χ1v) is 9.48. The maximum Gasteiger partial charge on any atom is 0.435 e. The summed E-state index contributed by atoms with van der Waals surface area (Å²) in [5, 5.41) is 13.6. The standard InChI is InChI=1S/C17H21F3N4S.ClH/c18-17(19,20)14-7-13(22-23-14)10-24(9-12-1-6-25-11-12)15-8-16(15)2-4-21-5-3-16;/h1,6-7,11,15,21H,2-5,8-10H2,(H,22,23);1H. The average molecular weight is 407 g/mol. The van der Waals surface area contributed by atoms with Crippen LogP contribution in [0.1, 0.15) is 36.2 Å². The monoisotopic (exact) mass is 406 g/mol. The summed E-state index contributed by atoms with van der Waals surface area (Å²) in [4.78, 5) is 2.32. The number of piperidine rings is 1. The third-order valence-corrected chi connectivity index (χ3v) is 6.18. The van der Waals surface area contributed by atoms with Gasteiger partial charge in [0.15, 0.2) is 5.69 Å². The van der Waals surface area contributed by atoms with E-state index in [0.29, 0.717) is 23.7 Å². The van der Waals surface area contributed by atoms with E-state index in [4.69, 9.17) is 0 Å². The quantitative estimate of drug-likeness (QED) is 0.787. The van der Waals surface area contributed by atoms with Gasteiger partial charge >= 0.3 is 6.18 Å². The minimum Gasteiger partial charge on any atom is -0.317 e. The lowest BCUT2D eigenvalue weighted by molar-refractivity contribution is -0.141. The Morgan fingerprint density at radius 1 is 1.27 bits per heavy atom. The lowest BCUT2D eigenvalue weighted by Crippen LogP contribution is -2.35. The molecule has 2 fully saturated rings. The lowest BCUT2D eigenvalue weighted by atomic mass is 9.93. The number of hydrogen-bond donors (Lipinski definition) is 2. The molecule has 4 rings (SSSR count). The van der Waals surface area contributed by atoms with Gasteiger partial charge in [0.05, 0.1) is 0 Å². The molecular weight excluding hydrogens is 385 g/mol. The number of halogens is 4. The molecule has 144 valence electrons. The molecule has 1 unspecified atom stereocenters. The van der Waals surface area contributed by atoms with Gasteiger partial charge in [0.2, 0.25) is 0 Å². The predicted octanol–water partition coefficient (Wildman–Crippen LogP) is 4.06. The first-order chi connectivity index (χ1) is 12.0. The van der Waals surface area contributed by atoms with Crippen LogP contribution < -0.4 is 5.32 Å². The van der Waals surface area contributed by atoms with Crippen molar-refractivity contribution in [2.45, 2.75) is 44.6 Å². The van der Waals surface area contributed by atoms with E-state index in [2.05, 4.69) is 31.9 Å². The van der Waals surface area contributed by atoms with E-state index < -0.39 is 11.9 Å². The third kappa shape index (κ3) is 4.08. The number of nitrogens with one attached hydrogen (secondary N) is 2. The first-order valence-electron chi connectivity index (χ1n) is 8.54. The molecule has 1 spiro atoms. The molecule has 0 aromatic carbocycles. The second-order valence-corrected chi connectivity index (χ2v) is 7.93. The van der Waals surface area contributed by atoms with E-state index in [-0.39, 0.29) is 12.4 Å². The molecule has 2 N–H and O–H groups in total. The van der Waals surface area contributed by atoms with Gasteiger partial charge in [0, 0.05) is 24.8 Å². The molecule has 1 aliphatic heterocycles. The Kier molecular flexibility index (Phi) is 5.67. The molecule has 1 saturated heterocycles. The van der Waals surface area contributed by atoms with Crippen molar-refractivity contribution >= 4 is 23.7 Å². The third-order valence-electron chi connectivity index (χ3n) is 5.45. The summed E-state index contributed by atoms with van der Waals surface area (Å²) < 4.78 is 38.4. The van der Waals surface area contributed by atoms with Crippen molar-refractivity contribution in [2.75, 3.05) is 13.1 Å². The summed E-state index contributed by atoms with van der Waals surface area (Å²) in [5.41, 5.74) is 1.24. The molecule has 2 aromatic heterocycles. The number of aromatic nitrogens is 2. The molecule has 4 nitrogen and oxygen atoms in total. The molecule has 0 radical (unpaired) electrons. The van der Waals surface area contributed by atoms with Crippen molar-refractivity contribution in [3.05, 3.63) is 39.8 Å². The molecule has 2 aliphatic rings. The Labute approximate surface area is 160 Å². The normalized spacial score (nSPS) is 21.8. The van der Waals surface area contributed by atoms with E-state index in [1.807, 2.05) is 5.38 Å². The van der Waals surface area contributed by atoms with E-state index >= 15 is 0 Å². The Morgan fingerprint density at radius 2 is 2.04 bits per heavy atom. The Balaban J connectivity index is 0.00000196. The van der Waals surface area contributed by atoms with Gasteiger partial charge in [-0.05, 0) is 66.2 Å². The number of thiophene rings is 1. The highest BCUT2D eigenvalue weighted by atomic mass is 35.5. The van der Waals surface area contributed by atoms with Gasteiger partial charge < -0.3 is 5.32 Å². The highest BCUT2D eigenvalue weighted by Crippen LogP contribution is 2.56. The molecule has 1 aliphatic carbocycles. The second kappa shape index (κ2) is 7.50. The highest BCUT2D eigenvalue weighted by molar-refractivity contribution is 7.07. The zero-order chi connectivity index (χ0) is 17.5. The number of alkyl halides is 3. The van der Waals surface area contributed by atoms with E-state index in [9.17, 15) is 13.2 Å². The van der Waals surface area contributed by atoms with Crippen LogP contribution in [0.15, 0.2) is 22.9 Å². The van der Waals surface area contributed by atoms with Crippen LogP contribution in [0.3, 0.4) is 0 Å². The summed E-state index contributed by atoms with van der Waals surface area (Å²) in [6.07, 6.45) is -0.967. The van der Waals surface area contributed by atoms with Crippen LogP contribution in [0.2, 0.25) is 0 Å². The molecule has 3 heterocycles. The largest absolute Gasteiger partial charge is 0.435 e. The summed E-state index contributed by atoms with van der Waals surface area (Å²) in [6, 6.07) is 3.66. The maximum absolute atomic E-state index is 12.8. The van der Waals surface area contributed by atoms with Crippen molar-refractivity contribution in [1.29, 1.82) is 0 Å². The van der Waals surface area contributed by atoms with Crippen LogP contribution >= 0.6 is 23.7 Å². The fourth-order valence-corrected chi connectivity index (χ4v) is 4.66. The maximum atomic E-state index is 12.8. The molecule has 0 amide bonds. The average Bonchev–Trinajstić information content (AvgIpc) is 3.00. The zero-order valence-corrected chi connectivity index (χ0v) is 15.8. The second-order valence-electron chi connectivity index (χ2n) is 7.15. The first kappa shape index (κ1) is 19.7. The minimum atomic E-state index is -4.40. The Hall–Kier alpha value is -1.09. The molecular formula is C17H22ClF3N4S. The summed E-state index contributed by atoms with van der Waals surface area (Å²) in [5.74, 6) is 0. The van der Waals surface area contributed by atoms with Crippen molar-refractivity contribution in [3.8, 4) is 0 Å². The number of rotatable bonds is 5. The number of nitrogens with zero attached hydrogens (tertiary/aromatic N) is 2. The van der Waals surface area contributed by atoms with Crippen LogP contribution in [-0.2, 0) is 19.3 Å². The van der Waals surface area contributed by atoms with Crippen LogP contribution in [0.4, 0.5) is 13.2 Å². The number of aromatic amines is 1. The van der Waals surface area contributed by atoms with Crippen molar-refractivity contribution in [1.82, 2.24) is 20.4 Å². The van der Waals surface area contributed by atoms with E-state index in [0.717, 1.165) is 45.0 Å². The molecule has 0 bridgehead atoms. The lowest BCUT2D eigenvalue weighted by Gasteiger charge is -2.29. The van der Waals surface area contributed by atoms with Crippen molar-refractivity contribution in [3.63, 3.8) is 0 Å². The van der Waals surface area contributed by atoms with Gasteiger partial charge in [0.1, 0.15) is 0 Å². The van der Waals surface area contributed by atoms with Crippen LogP contribution in [0.5, 0.6) is 0 Å². The molecule has 2 aromatic rings.